The molecule has 1 N–H and O–H groups in total. The number of carbonyl (C=O) groups is 2. The molecule has 2 heterocycles. The molecule has 1 fully saturated rings. The van der Waals surface area contributed by atoms with Crippen molar-refractivity contribution in [2.24, 2.45) is 0 Å². The van der Waals surface area contributed by atoms with Gasteiger partial charge in [-0.2, -0.15) is 13.2 Å². The fourth-order valence-corrected chi connectivity index (χ4v) is 4.38. The lowest BCUT2D eigenvalue weighted by Gasteiger charge is -2.35. The number of carbonyl (C=O) groups excluding carboxylic acids is 2. The second-order valence-electron chi connectivity index (χ2n) is 7.16. The van der Waals surface area contributed by atoms with Crippen LogP contribution in [0.4, 0.5) is 23.9 Å². The maximum Gasteiger partial charge on any atom is 0.416 e. The normalized spacial score (nSPS) is 15.1. The summed E-state index contributed by atoms with van der Waals surface area (Å²) in [6.07, 6.45) is -3.64. The molecule has 0 bridgehead atoms. The summed E-state index contributed by atoms with van der Waals surface area (Å²) in [7, 11) is 1.29. The van der Waals surface area contributed by atoms with Crippen molar-refractivity contribution in [3.05, 3.63) is 46.3 Å². The number of thiophene rings is 1. The van der Waals surface area contributed by atoms with Gasteiger partial charge in [-0.1, -0.05) is 13.0 Å². The Hall–Kier alpha value is -2.59. The molecular weight excluding hydrogens is 431 g/mol. The molecule has 0 unspecified atom stereocenters. The molecule has 0 radical (unpaired) electrons. The van der Waals surface area contributed by atoms with Crippen molar-refractivity contribution >= 4 is 33.9 Å². The number of anilines is 2. The van der Waals surface area contributed by atoms with Crippen molar-refractivity contribution < 1.29 is 27.5 Å². The first-order valence-electron chi connectivity index (χ1n) is 9.86. The van der Waals surface area contributed by atoms with Crippen LogP contribution in [0.5, 0.6) is 0 Å². The van der Waals surface area contributed by atoms with Gasteiger partial charge in [0.1, 0.15) is 5.00 Å². The molecule has 1 aliphatic rings. The number of alkyl halides is 3. The van der Waals surface area contributed by atoms with E-state index in [0.29, 0.717) is 42.4 Å². The van der Waals surface area contributed by atoms with E-state index in [1.165, 1.54) is 24.5 Å². The predicted molar refractivity (Wildman–Crippen MR) is 114 cm³/mol. The van der Waals surface area contributed by atoms with E-state index in [-0.39, 0.29) is 12.5 Å². The van der Waals surface area contributed by atoms with Crippen LogP contribution in [0, 0.1) is 0 Å². The Kier molecular flexibility index (Phi) is 7.22. The van der Waals surface area contributed by atoms with Gasteiger partial charge >= 0.3 is 12.1 Å². The van der Waals surface area contributed by atoms with Crippen molar-refractivity contribution in [3.8, 4) is 0 Å². The number of nitrogens with one attached hydrogen (secondary N) is 1. The number of nitrogens with zero attached hydrogens (tertiary/aromatic N) is 2. The number of piperazine rings is 1. The van der Waals surface area contributed by atoms with Crippen LogP contribution < -0.4 is 10.2 Å². The Morgan fingerprint density at radius 1 is 1.16 bits per heavy atom. The Labute approximate surface area is 182 Å². The number of rotatable bonds is 6. The van der Waals surface area contributed by atoms with Crippen molar-refractivity contribution in [1.29, 1.82) is 0 Å². The number of amides is 1. The molecule has 31 heavy (non-hydrogen) atoms. The molecule has 1 saturated heterocycles. The van der Waals surface area contributed by atoms with Crippen LogP contribution in [-0.4, -0.2) is 56.6 Å². The minimum Gasteiger partial charge on any atom is -0.465 e. The Morgan fingerprint density at radius 2 is 1.87 bits per heavy atom. The molecule has 1 aliphatic heterocycles. The van der Waals surface area contributed by atoms with Crippen LogP contribution in [0.2, 0.25) is 0 Å². The summed E-state index contributed by atoms with van der Waals surface area (Å²) in [5, 5.41) is 3.26. The number of aryl methyl sites for hydroxylation is 1. The lowest BCUT2D eigenvalue weighted by atomic mass is 10.1. The first-order chi connectivity index (χ1) is 14.7. The number of benzene rings is 1. The molecule has 1 amide bonds. The predicted octanol–water partition coefficient (Wildman–Crippen LogP) is 3.88. The largest absolute Gasteiger partial charge is 0.465 e. The number of halogens is 3. The molecule has 0 spiro atoms. The minimum absolute atomic E-state index is 0.135. The van der Waals surface area contributed by atoms with Gasteiger partial charge in [0.25, 0.3) is 0 Å². The first kappa shape index (κ1) is 23.1. The van der Waals surface area contributed by atoms with E-state index in [2.05, 4.69) is 5.32 Å². The molecule has 0 aliphatic carbocycles. The van der Waals surface area contributed by atoms with Gasteiger partial charge < -0.3 is 15.0 Å². The third kappa shape index (κ3) is 5.76. The molecule has 6 nitrogen and oxygen atoms in total. The van der Waals surface area contributed by atoms with Crippen LogP contribution in [0.15, 0.2) is 30.3 Å². The fourth-order valence-electron chi connectivity index (χ4n) is 3.38. The SMILES string of the molecule is CCc1cc(C(=O)OC)c(NC(=O)CN2CCN(c3cccc(C(F)(F)F)c3)CC2)s1. The zero-order valence-electron chi connectivity index (χ0n) is 17.3. The molecule has 0 atom stereocenters. The lowest BCUT2D eigenvalue weighted by Crippen LogP contribution is -2.48. The smallest absolute Gasteiger partial charge is 0.416 e. The monoisotopic (exact) mass is 455 g/mol. The van der Waals surface area contributed by atoms with Crippen LogP contribution in [0.1, 0.15) is 27.7 Å². The number of hydrogen-bond acceptors (Lipinski definition) is 6. The topological polar surface area (TPSA) is 61.9 Å². The average Bonchev–Trinajstić information content (AvgIpc) is 3.16. The van der Waals surface area contributed by atoms with Crippen LogP contribution in [-0.2, 0) is 22.1 Å². The van der Waals surface area contributed by atoms with Crippen molar-refractivity contribution in [1.82, 2.24) is 4.90 Å². The highest BCUT2D eigenvalue weighted by molar-refractivity contribution is 7.16. The van der Waals surface area contributed by atoms with E-state index in [1.807, 2.05) is 16.7 Å². The van der Waals surface area contributed by atoms with Crippen molar-refractivity contribution in [2.75, 3.05) is 50.1 Å². The summed E-state index contributed by atoms with van der Waals surface area (Å²) < 4.78 is 43.6. The molecule has 1 aromatic carbocycles. The van der Waals surface area contributed by atoms with E-state index in [4.69, 9.17) is 4.74 Å². The standard InChI is InChI=1S/C21H24F3N3O3S/c1-3-16-12-17(20(29)30-2)19(31-16)25-18(28)13-26-7-9-27(10-8-26)15-6-4-5-14(11-15)21(22,23)24/h4-6,11-12H,3,7-10,13H2,1-2H3,(H,25,28). The summed E-state index contributed by atoms with van der Waals surface area (Å²) >= 11 is 1.34. The highest BCUT2D eigenvalue weighted by atomic mass is 32.1. The lowest BCUT2D eigenvalue weighted by molar-refractivity contribution is -0.137. The fraction of sp³-hybridized carbons (Fsp3) is 0.429. The number of methoxy groups -OCH3 is 1. The van der Waals surface area contributed by atoms with Gasteiger partial charge in [0.05, 0.1) is 24.8 Å². The summed E-state index contributed by atoms with van der Waals surface area (Å²) in [5.74, 6) is -0.747. The zero-order chi connectivity index (χ0) is 22.6. The maximum atomic E-state index is 12.9. The molecular formula is C21H24F3N3O3S. The summed E-state index contributed by atoms with van der Waals surface area (Å²) in [4.78, 5) is 29.2. The molecule has 0 saturated carbocycles. The van der Waals surface area contributed by atoms with Gasteiger partial charge in [-0.3, -0.25) is 9.69 Å². The maximum absolute atomic E-state index is 12.9. The first-order valence-corrected chi connectivity index (χ1v) is 10.7. The summed E-state index contributed by atoms with van der Waals surface area (Å²) in [6, 6.07) is 7.00. The highest BCUT2D eigenvalue weighted by Crippen LogP contribution is 2.32. The molecule has 10 heteroatoms. The van der Waals surface area contributed by atoms with Crippen molar-refractivity contribution in [2.45, 2.75) is 19.5 Å². The highest BCUT2D eigenvalue weighted by Gasteiger charge is 2.31. The van der Waals surface area contributed by atoms with E-state index >= 15 is 0 Å². The van der Waals surface area contributed by atoms with Crippen LogP contribution in [0.25, 0.3) is 0 Å². The van der Waals surface area contributed by atoms with Gasteiger partial charge in [0.15, 0.2) is 0 Å². The van der Waals surface area contributed by atoms with E-state index in [0.717, 1.165) is 23.4 Å². The third-order valence-corrected chi connectivity index (χ3v) is 6.26. The summed E-state index contributed by atoms with van der Waals surface area (Å²) in [6.45, 7) is 4.21. The second-order valence-corrected chi connectivity index (χ2v) is 8.30. The van der Waals surface area contributed by atoms with Gasteiger partial charge in [0, 0.05) is 36.7 Å². The van der Waals surface area contributed by atoms with Gasteiger partial charge in [-0.25, -0.2) is 4.79 Å². The molecule has 2 aromatic rings. The van der Waals surface area contributed by atoms with E-state index in [9.17, 15) is 22.8 Å². The molecule has 1 aromatic heterocycles. The Balaban J connectivity index is 1.56. The zero-order valence-corrected chi connectivity index (χ0v) is 18.1. The average molecular weight is 456 g/mol. The number of ether oxygens (including phenoxy) is 1. The number of hydrogen-bond donors (Lipinski definition) is 1. The van der Waals surface area contributed by atoms with Crippen LogP contribution >= 0.6 is 11.3 Å². The second kappa shape index (κ2) is 9.69. The summed E-state index contributed by atoms with van der Waals surface area (Å²) in [5.41, 5.74) is 0.190. The van der Waals surface area contributed by atoms with E-state index < -0.39 is 17.7 Å². The third-order valence-electron chi connectivity index (χ3n) is 5.07. The number of esters is 1. The quantitative estimate of drug-likeness (QED) is 0.670. The molecule has 3 rings (SSSR count). The van der Waals surface area contributed by atoms with Crippen molar-refractivity contribution in [3.63, 3.8) is 0 Å². The Morgan fingerprint density at radius 3 is 2.48 bits per heavy atom. The Bertz CT molecular complexity index is 937. The van der Waals surface area contributed by atoms with Gasteiger partial charge in [0.2, 0.25) is 5.91 Å². The van der Waals surface area contributed by atoms with Gasteiger partial charge in [-0.15, -0.1) is 11.3 Å². The van der Waals surface area contributed by atoms with E-state index in [1.54, 1.807) is 12.1 Å². The van der Waals surface area contributed by atoms with Crippen LogP contribution in [0.3, 0.4) is 0 Å². The van der Waals surface area contributed by atoms with Gasteiger partial charge in [-0.05, 0) is 30.7 Å². The minimum atomic E-state index is -4.38. The molecule has 168 valence electrons.